The lowest BCUT2D eigenvalue weighted by Crippen LogP contribution is -3.00. The second-order valence-electron chi connectivity index (χ2n) is 6.21. The summed E-state index contributed by atoms with van der Waals surface area (Å²) in [4.78, 5) is 14.4. The second-order valence-corrected chi connectivity index (χ2v) is 6.21. The zero-order valence-corrected chi connectivity index (χ0v) is 16.8. The Labute approximate surface area is 157 Å². The minimum atomic E-state index is 0. The molecule has 23 heavy (non-hydrogen) atoms. The molecule has 5 heteroatoms. The van der Waals surface area contributed by atoms with Crippen molar-refractivity contribution in [3.05, 3.63) is 29.8 Å². The SMILES string of the molecule is CCCNC(=O)c1ccc(N2CC[N+](CC)(CC)CC2)cc1.[I-]. The van der Waals surface area contributed by atoms with E-state index in [0.29, 0.717) is 0 Å². The van der Waals surface area contributed by atoms with E-state index in [-0.39, 0.29) is 29.9 Å². The van der Waals surface area contributed by atoms with Gasteiger partial charge in [-0.3, -0.25) is 4.79 Å². The monoisotopic (exact) mass is 431 g/mol. The first-order valence-electron chi connectivity index (χ1n) is 8.62. The molecule has 4 nitrogen and oxygen atoms in total. The van der Waals surface area contributed by atoms with Crippen LogP contribution in [0.25, 0.3) is 0 Å². The lowest BCUT2D eigenvalue weighted by molar-refractivity contribution is -0.925. The molecule has 1 aromatic rings. The summed E-state index contributed by atoms with van der Waals surface area (Å²) in [5.74, 6) is 0.0275. The lowest BCUT2D eigenvalue weighted by Gasteiger charge is -2.44. The highest BCUT2D eigenvalue weighted by atomic mass is 127. The minimum absolute atomic E-state index is 0. The van der Waals surface area contributed by atoms with Gasteiger partial charge in [-0.2, -0.15) is 0 Å². The van der Waals surface area contributed by atoms with Crippen LogP contribution in [-0.2, 0) is 0 Å². The van der Waals surface area contributed by atoms with E-state index in [0.717, 1.165) is 31.6 Å². The van der Waals surface area contributed by atoms with Crippen LogP contribution in [0.2, 0.25) is 0 Å². The number of anilines is 1. The van der Waals surface area contributed by atoms with Gasteiger partial charge in [0.2, 0.25) is 0 Å². The zero-order chi connectivity index (χ0) is 16.0. The maximum Gasteiger partial charge on any atom is 0.251 e. The number of carbonyl (C=O) groups is 1. The van der Waals surface area contributed by atoms with E-state index in [4.69, 9.17) is 0 Å². The molecule has 0 aromatic heterocycles. The summed E-state index contributed by atoms with van der Waals surface area (Å²) in [5.41, 5.74) is 1.98. The summed E-state index contributed by atoms with van der Waals surface area (Å²) < 4.78 is 1.23. The van der Waals surface area contributed by atoms with Crippen molar-refractivity contribution in [1.82, 2.24) is 5.32 Å². The van der Waals surface area contributed by atoms with Crippen molar-refractivity contribution in [2.75, 3.05) is 50.7 Å². The van der Waals surface area contributed by atoms with E-state index in [2.05, 4.69) is 43.1 Å². The van der Waals surface area contributed by atoms with Gasteiger partial charge in [0, 0.05) is 17.8 Å². The van der Waals surface area contributed by atoms with Crippen molar-refractivity contribution in [1.29, 1.82) is 0 Å². The molecule has 0 spiro atoms. The molecule has 0 radical (unpaired) electrons. The molecule has 0 atom stereocenters. The Balaban J connectivity index is 0.00000264. The van der Waals surface area contributed by atoms with Crippen molar-refractivity contribution in [2.45, 2.75) is 27.2 Å². The number of benzene rings is 1. The number of hydrogen-bond donors (Lipinski definition) is 1. The standard InChI is InChI=1S/C18H29N3O.HI/c1-4-11-19-18(22)16-7-9-17(10-8-16)20-12-14-21(5-2,6-3)15-13-20;/h7-10H,4-6,11-15H2,1-3H3;1H. The molecule has 1 aromatic carbocycles. The van der Waals surface area contributed by atoms with Crippen LogP contribution in [-0.4, -0.2) is 56.2 Å². The first-order valence-corrected chi connectivity index (χ1v) is 8.62. The summed E-state index contributed by atoms with van der Waals surface area (Å²) in [6.45, 7) is 14.5. The summed E-state index contributed by atoms with van der Waals surface area (Å²) in [5, 5.41) is 2.92. The fraction of sp³-hybridized carbons (Fsp3) is 0.611. The van der Waals surface area contributed by atoms with Crippen LogP contribution in [0.5, 0.6) is 0 Å². The van der Waals surface area contributed by atoms with Crippen molar-refractivity contribution in [3.63, 3.8) is 0 Å². The Bertz CT molecular complexity index is 476. The summed E-state index contributed by atoms with van der Waals surface area (Å²) >= 11 is 0. The Morgan fingerprint density at radius 2 is 1.65 bits per heavy atom. The van der Waals surface area contributed by atoms with Gasteiger partial charge in [-0.05, 0) is 44.5 Å². The normalized spacial score (nSPS) is 16.6. The van der Waals surface area contributed by atoms with Crippen molar-refractivity contribution < 1.29 is 33.3 Å². The van der Waals surface area contributed by atoms with E-state index in [1.165, 1.54) is 36.3 Å². The van der Waals surface area contributed by atoms with Crippen LogP contribution in [0.15, 0.2) is 24.3 Å². The predicted molar refractivity (Wildman–Crippen MR) is 92.4 cm³/mol. The molecule has 130 valence electrons. The van der Waals surface area contributed by atoms with Crippen molar-refractivity contribution in [3.8, 4) is 0 Å². The van der Waals surface area contributed by atoms with Gasteiger partial charge < -0.3 is 38.7 Å². The number of carbonyl (C=O) groups excluding carboxylic acids is 1. The number of hydrogen-bond acceptors (Lipinski definition) is 2. The molecule has 0 saturated carbocycles. The Kier molecular flexibility index (Phi) is 8.33. The molecule has 1 amide bonds. The molecule has 1 aliphatic rings. The first kappa shape index (κ1) is 20.2. The molecule has 1 N–H and O–H groups in total. The Morgan fingerprint density at radius 3 is 2.13 bits per heavy atom. The Hall–Kier alpha value is -0.820. The number of likely N-dealkylation sites (N-methyl/N-ethyl adjacent to an activating group) is 1. The molecule has 0 aliphatic carbocycles. The van der Waals surface area contributed by atoms with Crippen LogP contribution < -0.4 is 34.2 Å². The summed E-state index contributed by atoms with van der Waals surface area (Å²) in [6.07, 6.45) is 0.965. The molecule has 1 saturated heterocycles. The smallest absolute Gasteiger partial charge is 0.251 e. The summed E-state index contributed by atoms with van der Waals surface area (Å²) in [7, 11) is 0. The molecule has 2 rings (SSSR count). The summed E-state index contributed by atoms with van der Waals surface area (Å²) in [6, 6.07) is 8.05. The Morgan fingerprint density at radius 1 is 1.09 bits per heavy atom. The fourth-order valence-corrected chi connectivity index (χ4v) is 3.17. The van der Waals surface area contributed by atoms with Crippen molar-refractivity contribution >= 4 is 11.6 Å². The van der Waals surface area contributed by atoms with Gasteiger partial charge in [0.25, 0.3) is 5.91 Å². The average molecular weight is 431 g/mol. The van der Waals surface area contributed by atoms with Gasteiger partial charge in [-0.1, -0.05) is 6.92 Å². The van der Waals surface area contributed by atoms with Crippen molar-refractivity contribution in [2.24, 2.45) is 0 Å². The highest BCUT2D eigenvalue weighted by molar-refractivity contribution is 5.94. The molecule has 1 heterocycles. The quantitative estimate of drug-likeness (QED) is 0.487. The zero-order valence-electron chi connectivity index (χ0n) is 14.6. The van der Waals surface area contributed by atoms with E-state index in [1.54, 1.807) is 0 Å². The third-order valence-corrected chi connectivity index (χ3v) is 5.06. The maximum absolute atomic E-state index is 11.9. The van der Waals surface area contributed by atoms with Crippen LogP contribution in [0, 0.1) is 0 Å². The van der Waals surface area contributed by atoms with Gasteiger partial charge in [0.1, 0.15) is 0 Å². The number of amides is 1. The van der Waals surface area contributed by atoms with Gasteiger partial charge in [-0.25, -0.2) is 0 Å². The molecule has 1 fully saturated rings. The van der Waals surface area contributed by atoms with Crippen LogP contribution >= 0.6 is 0 Å². The van der Waals surface area contributed by atoms with Gasteiger partial charge in [0.05, 0.1) is 39.3 Å². The molecule has 1 aliphatic heterocycles. The third-order valence-electron chi connectivity index (χ3n) is 5.06. The number of rotatable bonds is 6. The van der Waals surface area contributed by atoms with Crippen LogP contribution in [0.3, 0.4) is 0 Å². The minimum Gasteiger partial charge on any atom is -1.00 e. The van der Waals surface area contributed by atoms with Gasteiger partial charge in [0.15, 0.2) is 0 Å². The third kappa shape index (κ3) is 5.08. The highest BCUT2D eigenvalue weighted by Gasteiger charge is 2.29. The van der Waals surface area contributed by atoms with Crippen LogP contribution in [0.4, 0.5) is 5.69 Å². The van der Waals surface area contributed by atoms with Crippen LogP contribution in [0.1, 0.15) is 37.6 Å². The first-order chi connectivity index (χ1) is 10.6. The van der Waals surface area contributed by atoms with E-state index >= 15 is 0 Å². The number of halogens is 1. The molecule has 0 unspecified atom stereocenters. The van der Waals surface area contributed by atoms with Gasteiger partial charge in [-0.15, -0.1) is 0 Å². The van der Waals surface area contributed by atoms with E-state index < -0.39 is 0 Å². The number of quaternary nitrogens is 1. The fourth-order valence-electron chi connectivity index (χ4n) is 3.17. The second kappa shape index (κ2) is 9.47. The molecule has 0 bridgehead atoms. The number of piperazine rings is 1. The maximum atomic E-state index is 11.9. The molecular formula is C18H30IN3O. The highest BCUT2D eigenvalue weighted by Crippen LogP contribution is 2.20. The molecular weight excluding hydrogens is 401 g/mol. The average Bonchev–Trinajstić information content (AvgIpc) is 2.60. The van der Waals surface area contributed by atoms with Gasteiger partial charge >= 0.3 is 0 Å². The lowest BCUT2D eigenvalue weighted by atomic mass is 10.1. The number of nitrogens with zero attached hydrogens (tertiary/aromatic N) is 2. The topological polar surface area (TPSA) is 32.3 Å². The van der Waals surface area contributed by atoms with E-state index in [9.17, 15) is 4.79 Å². The van der Waals surface area contributed by atoms with E-state index in [1.807, 2.05) is 12.1 Å². The predicted octanol–water partition coefficient (Wildman–Crippen LogP) is -0.493. The largest absolute Gasteiger partial charge is 1.00 e. The number of nitrogens with one attached hydrogen (secondary N) is 1.